The van der Waals surface area contributed by atoms with Crippen LogP contribution in [0.3, 0.4) is 0 Å². The Balaban J connectivity index is 2.09. The van der Waals surface area contributed by atoms with Crippen molar-refractivity contribution in [1.82, 2.24) is 9.29 Å². The van der Waals surface area contributed by atoms with Crippen LogP contribution in [0.5, 0.6) is 0 Å². The molecule has 3 rings (SSSR count). The summed E-state index contributed by atoms with van der Waals surface area (Å²) >= 11 is 0. The number of benzene rings is 1. The Morgan fingerprint density at radius 3 is 2.69 bits per heavy atom. The van der Waals surface area contributed by atoms with Gasteiger partial charge in [0.2, 0.25) is 10.0 Å². The molecule has 7 nitrogen and oxygen atoms in total. The molecule has 1 aromatic heterocycles. The molecule has 2 heterocycles. The van der Waals surface area contributed by atoms with Gasteiger partial charge >= 0.3 is 12.1 Å². The largest absolute Gasteiger partial charge is 0.463 e. The molecule has 0 unspecified atom stereocenters. The van der Waals surface area contributed by atoms with Crippen LogP contribution < -0.4 is 0 Å². The fourth-order valence-corrected chi connectivity index (χ4v) is 4.20. The van der Waals surface area contributed by atoms with E-state index in [1.165, 1.54) is 19.3 Å². The van der Waals surface area contributed by atoms with Gasteiger partial charge in [0.1, 0.15) is 0 Å². The zero-order chi connectivity index (χ0) is 23.5. The van der Waals surface area contributed by atoms with E-state index in [2.05, 4.69) is 4.98 Å². The quantitative estimate of drug-likeness (QED) is 0.334. The maximum absolute atomic E-state index is 13.6. The predicted molar refractivity (Wildman–Crippen MR) is 110 cm³/mol. The van der Waals surface area contributed by atoms with Crippen molar-refractivity contribution >= 4 is 22.1 Å². The Bertz CT molecular complexity index is 1130. The molecular weight excluding hydrogens is 449 g/mol. The van der Waals surface area contributed by atoms with Gasteiger partial charge in [0.05, 0.1) is 35.5 Å². The first-order chi connectivity index (χ1) is 15.0. The molecule has 1 atom stereocenters. The first-order valence-corrected chi connectivity index (χ1v) is 11.1. The van der Waals surface area contributed by atoms with E-state index in [9.17, 15) is 26.4 Å². The molecule has 0 bridgehead atoms. The van der Waals surface area contributed by atoms with Gasteiger partial charge in [-0.2, -0.15) is 17.5 Å². The Kier molecular flexibility index (Phi) is 7.01. The topological polar surface area (TPSA) is 89.1 Å². The number of hydrogen-bond donors (Lipinski definition) is 0. The molecule has 1 aliphatic rings. The smallest absolute Gasteiger partial charge is 0.416 e. The molecule has 1 saturated heterocycles. The molecule has 0 saturated carbocycles. The fourth-order valence-electron chi connectivity index (χ4n) is 2.93. The number of carbonyl (C=O) groups excluding carboxylic acids is 1. The molecule has 0 amide bonds. The monoisotopic (exact) mass is 470 g/mol. The van der Waals surface area contributed by atoms with Crippen LogP contribution >= 0.6 is 0 Å². The second kappa shape index (κ2) is 9.39. The molecule has 0 aliphatic carbocycles. The van der Waals surface area contributed by atoms with Gasteiger partial charge in [0.25, 0.3) is 0 Å². The van der Waals surface area contributed by atoms with Crippen molar-refractivity contribution in [3.63, 3.8) is 0 Å². The van der Waals surface area contributed by atoms with Crippen LogP contribution in [0.1, 0.15) is 18.1 Å². The lowest BCUT2D eigenvalue weighted by molar-refractivity contribution is -0.138. The van der Waals surface area contributed by atoms with E-state index in [1.54, 1.807) is 19.1 Å². The summed E-state index contributed by atoms with van der Waals surface area (Å²) in [7, 11) is -2.94. The Hall–Kier alpha value is -2.76. The number of aromatic nitrogens is 1. The number of epoxide rings is 1. The standard InChI is InChI=1S/C21H21F3N2O5S/c1-3-30-19(27)7-6-14-5-4-8-25-20(14)15-9-16(21(22,23)24)11-18(10-15)32(28,29)26(2)12-17-13-31-17/h4-11,17H,3,12-13H2,1-2H3/t17-/m0/s1. The number of hydrogen-bond acceptors (Lipinski definition) is 6. The molecular formula is C21H21F3N2O5S. The van der Waals surface area contributed by atoms with Crippen molar-refractivity contribution in [3.05, 3.63) is 53.7 Å². The van der Waals surface area contributed by atoms with Crippen LogP contribution in [-0.4, -0.2) is 56.6 Å². The fraction of sp³-hybridized carbons (Fsp3) is 0.333. The zero-order valence-corrected chi connectivity index (χ0v) is 18.1. The van der Waals surface area contributed by atoms with Gasteiger partial charge in [-0.15, -0.1) is 0 Å². The van der Waals surface area contributed by atoms with Gasteiger partial charge in [-0.25, -0.2) is 13.2 Å². The summed E-state index contributed by atoms with van der Waals surface area (Å²) in [6.07, 6.45) is -1.21. The predicted octanol–water partition coefficient (Wildman–Crippen LogP) is 3.36. The summed E-state index contributed by atoms with van der Waals surface area (Å²) in [6.45, 7) is 2.23. The number of likely N-dealkylation sites (N-methyl/N-ethyl adjacent to an activating group) is 1. The van der Waals surface area contributed by atoms with Crippen molar-refractivity contribution < 1.29 is 35.9 Å². The number of sulfonamides is 1. The number of nitrogens with zero attached hydrogens (tertiary/aromatic N) is 2. The highest BCUT2D eigenvalue weighted by atomic mass is 32.2. The Labute approximate surface area is 183 Å². The van der Waals surface area contributed by atoms with Gasteiger partial charge in [-0.3, -0.25) is 4.98 Å². The maximum atomic E-state index is 13.6. The summed E-state index contributed by atoms with van der Waals surface area (Å²) < 4.78 is 77.4. The zero-order valence-electron chi connectivity index (χ0n) is 17.3. The molecule has 1 aromatic carbocycles. The average Bonchev–Trinajstić information content (AvgIpc) is 3.55. The minimum Gasteiger partial charge on any atom is -0.463 e. The van der Waals surface area contributed by atoms with Gasteiger partial charge in [-0.1, -0.05) is 6.07 Å². The minimum atomic E-state index is -4.78. The first kappa shape index (κ1) is 23.9. The van der Waals surface area contributed by atoms with Crippen LogP contribution in [0.4, 0.5) is 13.2 Å². The van der Waals surface area contributed by atoms with E-state index in [0.717, 1.165) is 22.5 Å². The van der Waals surface area contributed by atoms with Crippen molar-refractivity contribution in [2.45, 2.75) is 24.1 Å². The summed E-state index contributed by atoms with van der Waals surface area (Å²) in [4.78, 5) is 15.2. The number of alkyl halides is 3. The first-order valence-electron chi connectivity index (χ1n) is 9.63. The number of carbonyl (C=O) groups is 1. The third-order valence-electron chi connectivity index (χ3n) is 4.60. The van der Waals surface area contributed by atoms with Crippen LogP contribution in [0.15, 0.2) is 47.5 Å². The van der Waals surface area contributed by atoms with Crippen LogP contribution in [0, 0.1) is 0 Å². The summed E-state index contributed by atoms with van der Waals surface area (Å²) in [5, 5.41) is 0. The van der Waals surface area contributed by atoms with Crippen LogP contribution in [0.2, 0.25) is 0 Å². The van der Waals surface area contributed by atoms with Crippen molar-refractivity contribution in [1.29, 1.82) is 0 Å². The lowest BCUT2D eigenvalue weighted by Crippen LogP contribution is -2.30. The number of ether oxygens (including phenoxy) is 2. The highest BCUT2D eigenvalue weighted by Crippen LogP contribution is 2.36. The molecule has 2 aromatic rings. The van der Waals surface area contributed by atoms with E-state index in [4.69, 9.17) is 9.47 Å². The van der Waals surface area contributed by atoms with Crippen molar-refractivity contribution in [2.75, 3.05) is 26.8 Å². The van der Waals surface area contributed by atoms with E-state index in [1.807, 2.05) is 0 Å². The van der Waals surface area contributed by atoms with Gasteiger partial charge in [0, 0.05) is 37.0 Å². The third kappa shape index (κ3) is 5.72. The third-order valence-corrected chi connectivity index (χ3v) is 6.40. The number of esters is 1. The molecule has 1 aliphatic heterocycles. The minimum absolute atomic E-state index is 0.0328. The molecule has 0 radical (unpaired) electrons. The number of halogens is 3. The Morgan fingerprint density at radius 1 is 1.34 bits per heavy atom. The SMILES string of the molecule is CCOC(=O)C=Cc1cccnc1-c1cc(C(F)(F)F)cc(S(=O)(=O)N(C)C[C@H]2CO2)c1. The molecule has 1 fully saturated rings. The Morgan fingerprint density at radius 2 is 2.06 bits per heavy atom. The molecule has 172 valence electrons. The maximum Gasteiger partial charge on any atom is 0.416 e. The van der Waals surface area contributed by atoms with Gasteiger partial charge in [0.15, 0.2) is 0 Å². The number of rotatable bonds is 8. The lowest BCUT2D eigenvalue weighted by atomic mass is 10.0. The second-order valence-electron chi connectivity index (χ2n) is 7.01. The lowest BCUT2D eigenvalue weighted by Gasteiger charge is -2.18. The van der Waals surface area contributed by atoms with Gasteiger partial charge in [-0.05, 0) is 37.3 Å². The van der Waals surface area contributed by atoms with Crippen molar-refractivity contribution in [3.8, 4) is 11.3 Å². The molecule has 32 heavy (non-hydrogen) atoms. The molecule has 0 N–H and O–H groups in total. The van der Waals surface area contributed by atoms with E-state index in [-0.39, 0.29) is 30.5 Å². The van der Waals surface area contributed by atoms with E-state index in [0.29, 0.717) is 18.2 Å². The van der Waals surface area contributed by atoms with E-state index >= 15 is 0 Å². The highest BCUT2D eigenvalue weighted by molar-refractivity contribution is 7.89. The van der Waals surface area contributed by atoms with E-state index < -0.39 is 32.6 Å². The summed E-state index contributed by atoms with van der Waals surface area (Å²) in [5.74, 6) is -0.626. The summed E-state index contributed by atoms with van der Waals surface area (Å²) in [6, 6.07) is 5.65. The number of pyridine rings is 1. The second-order valence-corrected chi connectivity index (χ2v) is 9.06. The highest BCUT2D eigenvalue weighted by Gasteiger charge is 2.35. The summed E-state index contributed by atoms with van der Waals surface area (Å²) in [5.41, 5.74) is -0.777. The normalized spacial score (nSPS) is 16.5. The van der Waals surface area contributed by atoms with Gasteiger partial charge < -0.3 is 9.47 Å². The van der Waals surface area contributed by atoms with Crippen LogP contribution in [0.25, 0.3) is 17.3 Å². The van der Waals surface area contributed by atoms with Crippen LogP contribution in [-0.2, 0) is 30.5 Å². The molecule has 11 heteroatoms. The van der Waals surface area contributed by atoms with Crippen molar-refractivity contribution in [2.24, 2.45) is 0 Å². The average molecular weight is 470 g/mol. The molecule has 0 spiro atoms.